The fourth-order valence-corrected chi connectivity index (χ4v) is 3.56. The van der Waals surface area contributed by atoms with Gasteiger partial charge in [-0.15, -0.1) is 0 Å². The van der Waals surface area contributed by atoms with Crippen molar-refractivity contribution in [2.24, 2.45) is 5.92 Å². The van der Waals surface area contributed by atoms with Crippen LogP contribution in [0.1, 0.15) is 38.3 Å². The van der Waals surface area contributed by atoms with Crippen molar-refractivity contribution < 1.29 is 4.74 Å². The van der Waals surface area contributed by atoms with E-state index in [1.165, 1.54) is 10.0 Å². The fraction of sp³-hybridized carbons (Fsp3) is 0.692. The molecule has 2 nitrogen and oxygen atoms in total. The standard InChI is InChI=1S/C13H22BrNOS/c1-4-5-15-13(6-10(2)7-16-3)11-8-17-9-12(11)14/h8-10,13,15H,4-7H2,1-3H3. The van der Waals surface area contributed by atoms with E-state index in [9.17, 15) is 0 Å². The first-order valence-electron chi connectivity index (χ1n) is 6.12. The Labute approximate surface area is 117 Å². The third-order valence-electron chi connectivity index (χ3n) is 2.75. The Morgan fingerprint density at radius 2 is 2.24 bits per heavy atom. The predicted molar refractivity (Wildman–Crippen MR) is 78.7 cm³/mol. The van der Waals surface area contributed by atoms with E-state index in [0.29, 0.717) is 12.0 Å². The molecule has 0 aliphatic heterocycles. The molecule has 1 heterocycles. The summed E-state index contributed by atoms with van der Waals surface area (Å²) in [5.74, 6) is 0.571. The number of ether oxygens (including phenoxy) is 1. The maximum Gasteiger partial charge on any atom is 0.0488 e. The molecule has 0 saturated heterocycles. The minimum Gasteiger partial charge on any atom is -0.384 e. The lowest BCUT2D eigenvalue weighted by molar-refractivity contribution is 0.149. The van der Waals surface area contributed by atoms with Crippen LogP contribution in [0.3, 0.4) is 0 Å². The maximum atomic E-state index is 5.22. The first-order chi connectivity index (χ1) is 8.19. The third kappa shape index (κ3) is 5.08. The molecule has 0 fully saturated rings. The van der Waals surface area contributed by atoms with Crippen LogP contribution in [0.5, 0.6) is 0 Å². The fourth-order valence-electron chi connectivity index (χ4n) is 1.93. The van der Waals surface area contributed by atoms with Crippen molar-refractivity contribution in [1.82, 2.24) is 5.32 Å². The van der Waals surface area contributed by atoms with Gasteiger partial charge in [0.2, 0.25) is 0 Å². The van der Waals surface area contributed by atoms with Gasteiger partial charge in [0.25, 0.3) is 0 Å². The number of thiophene rings is 1. The average molecular weight is 320 g/mol. The topological polar surface area (TPSA) is 21.3 Å². The Kier molecular flexibility index (Phi) is 7.35. The number of rotatable bonds is 8. The van der Waals surface area contributed by atoms with Gasteiger partial charge >= 0.3 is 0 Å². The highest BCUT2D eigenvalue weighted by Gasteiger charge is 2.17. The predicted octanol–water partition coefficient (Wildman–Crippen LogP) is 4.22. The highest BCUT2D eigenvalue weighted by atomic mass is 79.9. The van der Waals surface area contributed by atoms with Gasteiger partial charge in [-0.05, 0) is 52.2 Å². The van der Waals surface area contributed by atoms with Crippen molar-refractivity contribution >= 4 is 27.3 Å². The first kappa shape index (κ1) is 15.2. The molecule has 0 bridgehead atoms. The molecule has 1 rings (SSSR count). The zero-order valence-electron chi connectivity index (χ0n) is 10.8. The van der Waals surface area contributed by atoms with Gasteiger partial charge in [-0.2, -0.15) is 11.3 Å². The zero-order chi connectivity index (χ0) is 12.7. The van der Waals surface area contributed by atoms with E-state index in [0.717, 1.165) is 26.0 Å². The van der Waals surface area contributed by atoms with Gasteiger partial charge in [0.15, 0.2) is 0 Å². The first-order valence-corrected chi connectivity index (χ1v) is 7.86. The molecule has 98 valence electrons. The molecule has 0 amide bonds. The largest absolute Gasteiger partial charge is 0.384 e. The molecule has 2 atom stereocenters. The third-order valence-corrected chi connectivity index (χ3v) is 4.50. The van der Waals surface area contributed by atoms with E-state index in [1.807, 2.05) is 0 Å². The Morgan fingerprint density at radius 1 is 1.47 bits per heavy atom. The van der Waals surface area contributed by atoms with Crippen molar-refractivity contribution in [2.45, 2.75) is 32.7 Å². The van der Waals surface area contributed by atoms with Crippen LogP contribution in [-0.4, -0.2) is 20.3 Å². The molecule has 4 heteroatoms. The molecular weight excluding hydrogens is 298 g/mol. The molecule has 1 aromatic rings. The van der Waals surface area contributed by atoms with E-state index >= 15 is 0 Å². The average Bonchev–Trinajstić information content (AvgIpc) is 2.71. The lowest BCUT2D eigenvalue weighted by Crippen LogP contribution is -2.25. The number of nitrogens with one attached hydrogen (secondary N) is 1. The molecule has 1 aromatic heterocycles. The Hall–Kier alpha value is 0.100. The molecular formula is C13H22BrNOS. The van der Waals surface area contributed by atoms with Crippen molar-refractivity contribution in [1.29, 1.82) is 0 Å². The summed E-state index contributed by atoms with van der Waals surface area (Å²) in [7, 11) is 1.77. The summed E-state index contributed by atoms with van der Waals surface area (Å²) >= 11 is 5.38. The smallest absolute Gasteiger partial charge is 0.0488 e. The Balaban J connectivity index is 2.63. The minimum absolute atomic E-state index is 0.431. The minimum atomic E-state index is 0.431. The van der Waals surface area contributed by atoms with Crippen LogP contribution in [0, 0.1) is 5.92 Å². The summed E-state index contributed by atoms with van der Waals surface area (Å²) in [5.41, 5.74) is 1.38. The summed E-state index contributed by atoms with van der Waals surface area (Å²) in [5, 5.41) is 8.01. The van der Waals surface area contributed by atoms with Gasteiger partial charge in [-0.1, -0.05) is 13.8 Å². The highest BCUT2D eigenvalue weighted by molar-refractivity contribution is 9.10. The zero-order valence-corrected chi connectivity index (χ0v) is 13.2. The van der Waals surface area contributed by atoms with Crippen molar-refractivity contribution in [2.75, 3.05) is 20.3 Å². The lowest BCUT2D eigenvalue weighted by Gasteiger charge is -2.22. The molecule has 0 aliphatic rings. The second kappa shape index (κ2) is 8.25. The number of methoxy groups -OCH3 is 1. The van der Waals surface area contributed by atoms with E-state index in [2.05, 4.69) is 45.9 Å². The summed E-state index contributed by atoms with van der Waals surface area (Å²) in [6.45, 7) is 6.33. The highest BCUT2D eigenvalue weighted by Crippen LogP contribution is 2.31. The molecule has 0 aliphatic carbocycles. The van der Waals surface area contributed by atoms with Crippen LogP contribution in [0.4, 0.5) is 0 Å². The van der Waals surface area contributed by atoms with Crippen LogP contribution >= 0.6 is 27.3 Å². The van der Waals surface area contributed by atoms with Crippen molar-refractivity contribution in [3.05, 3.63) is 20.8 Å². The SMILES string of the molecule is CCCNC(CC(C)COC)c1cscc1Br. The van der Waals surface area contributed by atoms with Crippen LogP contribution in [0.15, 0.2) is 15.2 Å². The molecule has 0 radical (unpaired) electrons. The number of hydrogen-bond acceptors (Lipinski definition) is 3. The van der Waals surface area contributed by atoms with Crippen molar-refractivity contribution in [3.8, 4) is 0 Å². The van der Waals surface area contributed by atoms with E-state index in [4.69, 9.17) is 4.74 Å². The van der Waals surface area contributed by atoms with Gasteiger partial charge in [-0.25, -0.2) is 0 Å². The summed E-state index contributed by atoms with van der Waals surface area (Å²) in [4.78, 5) is 0. The van der Waals surface area contributed by atoms with Crippen LogP contribution in [0.25, 0.3) is 0 Å². The second-order valence-electron chi connectivity index (χ2n) is 4.48. The molecule has 1 N–H and O–H groups in total. The maximum absolute atomic E-state index is 5.22. The molecule has 2 unspecified atom stereocenters. The summed E-state index contributed by atoms with van der Waals surface area (Å²) in [6, 6.07) is 0.431. The van der Waals surface area contributed by atoms with Gasteiger partial charge < -0.3 is 10.1 Å². The quantitative estimate of drug-likeness (QED) is 0.774. The van der Waals surface area contributed by atoms with Gasteiger partial charge in [0.05, 0.1) is 0 Å². The monoisotopic (exact) mass is 319 g/mol. The molecule has 0 spiro atoms. The molecule has 0 saturated carbocycles. The summed E-state index contributed by atoms with van der Waals surface area (Å²) < 4.78 is 6.44. The van der Waals surface area contributed by atoms with Gasteiger partial charge in [-0.3, -0.25) is 0 Å². The molecule has 0 aromatic carbocycles. The number of halogens is 1. The summed E-state index contributed by atoms with van der Waals surface area (Å²) in [6.07, 6.45) is 2.28. The van der Waals surface area contributed by atoms with Crippen LogP contribution < -0.4 is 5.32 Å². The van der Waals surface area contributed by atoms with Crippen LogP contribution in [0.2, 0.25) is 0 Å². The molecule has 17 heavy (non-hydrogen) atoms. The lowest BCUT2D eigenvalue weighted by atomic mass is 9.98. The Morgan fingerprint density at radius 3 is 2.76 bits per heavy atom. The van der Waals surface area contributed by atoms with E-state index in [1.54, 1.807) is 18.4 Å². The van der Waals surface area contributed by atoms with Crippen molar-refractivity contribution in [3.63, 3.8) is 0 Å². The van der Waals surface area contributed by atoms with Gasteiger partial charge in [0, 0.05) is 29.6 Å². The second-order valence-corrected chi connectivity index (χ2v) is 6.08. The van der Waals surface area contributed by atoms with E-state index in [-0.39, 0.29) is 0 Å². The Bertz CT molecular complexity index is 316. The normalized spacial score (nSPS) is 14.8. The van der Waals surface area contributed by atoms with Crippen LogP contribution in [-0.2, 0) is 4.74 Å². The van der Waals surface area contributed by atoms with E-state index < -0.39 is 0 Å². The number of hydrogen-bond donors (Lipinski definition) is 1. The van der Waals surface area contributed by atoms with Gasteiger partial charge in [0.1, 0.15) is 0 Å².